The topological polar surface area (TPSA) is 102 Å². The molecule has 0 bridgehead atoms. The summed E-state index contributed by atoms with van der Waals surface area (Å²) >= 11 is 1.54. The molecule has 0 unspecified atom stereocenters. The zero-order valence-corrected chi connectivity index (χ0v) is 16.7. The van der Waals surface area contributed by atoms with Crippen LogP contribution < -0.4 is 10.0 Å². The summed E-state index contributed by atoms with van der Waals surface area (Å²) < 4.78 is 30.8. The highest BCUT2D eigenvalue weighted by molar-refractivity contribution is 7.98. The summed E-state index contributed by atoms with van der Waals surface area (Å²) in [6.07, 6.45) is 1.93. The standard InChI is InChI=1S/C18H20N2O5S2/c1-12-4-7-14(26-3)10-16(12)18(22)20-13-5-8-15(9-6-13)27(23,24)19-11-17(21)25-2/h4-10,19H,11H2,1-3H3,(H,20,22). The molecule has 0 aromatic heterocycles. The average Bonchev–Trinajstić information content (AvgIpc) is 2.66. The number of nitrogens with one attached hydrogen (secondary N) is 2. The Balaban J connectivity index is 2.11. The monoisotopic (exact) mass is 408 g/mol. The lowest BCUT2D eigenvalue weighted by Crippen LogP contribution is -2.30. The van der Waals surface area contributed by atoms with Gasteiger partial charge in [-0.15, -0.1) is 11.8 Å². The van der Waals surface area contributed by atoms with Crippen LogP contribution in [-0.2, 0) is 19.6 Å². The number of carbonyl (C=O) groups is 2. The van der Waals surface area contributed by atoms with Gasteiger partial charge in [-0.1, -0.05) is 6.07 Å². The van der Waals surface area contributed by atoms with Gasteiger partial charge in [0.2, 0.25) is 10.0 Å². The van der Waals surface area contributed by atoms with Crippen LogP contribution in [0.3, 0.4) is 0 Å². The van der Waals surface area contributed by atoms with Gasteiger partial charge in [-0.25, -0.2) is 8.42 Å². The SMILES string of the molecule is COC(=O)CNS(=O)(=O)c1ccc(NC(=O)c2cc(SC)ccc2C)cc1. The fourth-order valence-corrected chi connectivity index (χ4v) is 3.61. The number of carbonyl (C=O) groups excluding carboxylic acids is 2. The van der Waals surface area contributed by atoms with Crippen LogP contribution in [0, 0.1) is 6.92 Å². The number of hydrogen-bond acceptors (Lipinski definition) is 6. The molecular formula is C18H20N2O5S2. The number of thioether (sulfide) groups is 1. The van der Waals surface area contributed by atoms with E-state index >= 15 is 0 Å². The Bertz CT molecular complexity index is 941. The lowest BCUT2D eigenvalue weighted by Gasteiger charge is -2.10. The highest BCUT2D eigenvalue weighted by Gasteiger charge is 2.16. The highest BCUT2D eigenvalue weighted by Crippen LogP contribution is 2.21. The van der Waals surface area contributed by atoms with Gasteiger partial charge in [0, 0.05) is 16.1 Å². The molecule has 27 heavy (non-hydrogen) atoms. The molecule has 7 nitrogen and oxygen atoms in total. The molecular weight excluding hydrogens is 388 g/mol. The molecule has 0 fully saturated rings. The Morgan fingerprint density at radius 3 is 2.37 bits per heavy atom. The summed E-state index contributed by atoms with van der Waals surface area (Å²) in [4.78, 5) is 24.5. The van der Waals surface area contributed by atoms with Crippen molar-refractivity contribution in [2.75, 3.05) is 25.2 Å². The number of sulfonamides is 1. The van der Waals surface area contributed by atoms with Gasteiger partial charge >= 0.3 is 5.97 Å². The van der Waals surface area contributed by atoms with E-state index in [1.807, 2.05) is 31.4 Å². The van der Waals surface area contributed by atoms with E-state index in [1.54, 1.807) is 11.8 Å². The van der Waals surface area contributed by atoms with Crippen molar-refractivity contribution >= 4 is 39.3 Å². The maximum absolute atomic E-state index is 12.5. The Labute approximate surface area is 162 Å². The van der Waals surface area contributed by atoms with E-state index in [2.05, 4.69) is 14.8 Å². The van der Waals surface area contributed by atoms with E-state index in [4.69, 9.17) is 0 Å². The van der Waals surface area contributed by atoms with Crippen LogP contribution in [0.25, 0.3) is 0 Å². The third kappa shape index (κ3) is 5.56. The Morgan fingerprint density at radius 1 is 1.11 bits per heavy atom. The first-order valence-electron chi connectivity index (χ1n) is 7.89. The molecule has 0 spiro atoms. The molecule has 2 rings (SSSR count). The first kappa shape index (κ1) is 20.9. The second-order valence-electron chi connectivity index (χ2n) is 5.56. The van der Waals surface area contributed by atoms with Crippen LogP contribution in [0.4, 0.5) is 5.69 Å². The molecule has 9 heteroatoms. The molecule has 0 radical (unpaired) electrons. The third-order valence-electron chi connectivity index (χ3n) is 3.75. The maximum atomic E-state index is 12.5. The molecule has 2 N–H and O–H groups in total. The lowest BCUT2D eigenvalue weighted by atomic mass is 10.1. The number of aryl methyl sites for hydroxylation is 1. The van der Waals surface area contributed by atoms with E-state index in [9.17, 15) is 18.0 Å². The predicted octanol–water partition coefficient (Wildman–Crippen LogP) is 2.42. The fraction of sp³-hybridized carbons (Fsp3) is 0.222. The Hall–Kier alpha value is -2.36. The Kier molecular flexibility index (Phi) is 7.00. The number of esters is 1. The van der Waals surface area contributed by atoms with E-state index < -0.39 is 22.5 Å². The van der Waals surface area contributed by atoms with Crippen LogP contribution in [0.15, 0.2) is 52.3 Å². The van der Waals surface area contributed by atoms with Gasteiger partial charge in [-0.3, -0.25) is 9.59 Å². The Morgan fingerprint density at radius 2 is 1.78 bits per heavy atom. The molecule has 0 atom stereocenters. The van der Waals surface area contributed by atoms with Crippen molar-refractivity contribution in [3.63, 3.8) is 0 Å². The summed E-state index contributed by atoms with van der Waals surface area (Å²) in [6.45, 7) is 1.39. The minimum atomic E-state index is -3.84. The van der Waals surface area contributed by atoms with Crippen LogP contribution in [0.5, 0.6) is 0 Å². The van der Waals surface area contributed by atoms with Crippen molar-refractivity contribution in [2.45, 2.75) is 16.7 Å². The van der Waals surface area contributed by atoms with E-state index in [0.717, 1.165) is 10.5 Å². The highest BCUT2D eigenvalue weighted by atomic mass is 32.2. The smallest absolute Gasteiger partial charge is 0.320 e. The molecule has 0 aliphatic carbocycles. The molecule has 0 aliphatic rings. The molecule has 0 saturated heterocycles. The van der Waals surface area contributed by atoms with Crippen LogP contribution in [-0.4, -0.2) is 40.2 Å². The largest absolute Gasteiger partial charge is 0.468 e. The molecule has 144 valence electrons. The molecule has 0 saturated carbocycles. The van der Waals surface area contributed by atoms with E-state index in [-0.39, 0.29) is 10.8 Å². The van der Waals surface area contributed by atoms with Crippen molar-refractivity contribution in [1.29, 1.82) is 0 Å². The molecule has 0 aliphatic heterocycles. The van der Waals surface area contributed by atoms with Gasteiger partial charge in [-0.2, -0.15) is 4.72 Å². The first-order valence-corrected chi connectivity index (χ1v) is 10.6. The lowest BCUT2D eigenvalue weighted by molar-refractivity contribution is -0.139. The average molecular weight is 409 g/mol. The number of methoxy groups -OCH3 is 1. The van der Waals surface area contributed by atoms with Crippen molar-refractivity contribution in [3.05, 3.63) is 53.6 Å². The second kappa shape index (κ2) is 9.03. The molecule has 2 aromatic rings. The zero-order chi connectivity index (χ0) is 20.0. The number of benzene rings is 2. The number of hydrogen-bond donors (Lipinski definition) is 2. The van der Waals surface area contributed by atoms with Crippen LogP contribution >= 0.6 is 11.8 Å². The number of rotatable bonds is 7. The van der Waals surface area contributed by atoms with Crippen LogP contribution in [0.1, 0.15) is 15.9 Å². The summed E-state index contributed by atoms with van der Waals surface area (Å²) in [5, 5.41) is 2.75. The first-order chi connectivity index (χ1) is 12.8. The summed E-state index contributed by atoms with van der Waals surface area (Å²) in [5.41, 5.74) is 1.86. The quantitative estimate of drug-likeness (QED) is 0.539. The third-order valence-corrected chi connectivity index (χ3v) is 5.89. The predicted molar refractivity (Wildman–Crippen MR) is 105 cm³/mol. The minimum absolute atomic E-state index is 0.0232. The number of amides is 1. The summed E-state index contributed by atoms with van der Waals surface area (Å²) in [6, 6.07) is 11.3. The van der Waals surface area contributed by atoms with Crippen molar-refractivity contribution in [1.82, 2.24) is 4.72 Å². The molecule has 1 amide bonds. The fourth-order valence-electron chi connectivity index (χ4n) is 2.20. The minimum Gasteiger partial charge on any atom is -0.468 e. The van der Waals surface area contributed by atoms with Gasteiger partial charge < -0.3 is 10.1 Å². The number of ether oxygens (including phenoxy) is 1. The van der Waals surface area contributed by atoms with Crippen LogP contribution in [0.2, 0.25) is 0 Å². The molecule has 2 aromatic carbocycles. The van der Waals surface area contributed by atoms with Gasteiger partial charge in [-0.05, 0) is 55.1 Å². The summed E-state index contributed by atoms with van der Waals surface area (Å²) in [7, 11) is -2.67. The van der Waals surface area contributed by atoms with E-state index in [1.165, 1.54) is 31.4 Å². The van der Waals surface area contributed by atoms with Gasteiger partial charge in [0.05, 0.1) is 12.0 Å². The van der Waals surface area contributed by atoms with Crippen molar-refractivity contribution in [2.24, 2.45) is 0 Å². The van der Waals surface area contributed by atoms with Gasteiger partial charge in [0.25, 0.3) is 5.91 Å². The second-order valence-corrected chi connectivity index (χ2v) is 8.21. The summed E-state index contributed by atoms with van der Waals surface area (Å²) in [5.74, 6) is -0.965. The van der Waals surface area contributed by atoms with Crippen molar-refractivity contribution in [3.8, 4) is 0 Å². The van der Waals surface area contributed by atoms with Crippen molar-refractivity contribution < 1.29 is 22.7 Å². The van der Waals surface area contributed by atoms with Gasteiger partial charge in [0.1, 0.15) is 6.54 Å². The number of anilines is 1. The van der Waals surface area contributed by atoms with E-state index in [0.29, 0.717) is 11.3 Å². The maximum Gasteiger partial charge on any atom is 0.320 e. The molecule has 0 heterocycles. The normalized spacial score (nSPS) is 11.1. The zero-order valence-electron chi connectivity index (χ0n) is 15.1. The van der Waals surface area contributed by atoms with Gasteiger partial charge in [0.15, 0.2) is 0 Å².